The van der Waals surface area contributed by atoms with Crippen molar-refractivity contribution in [1.29, 1.82) is 0 Å². The number of nitrogens with zero attached hydrogens (tertiary/aromatic N) is 2. The Kier molecular flexibility index (Phi) is 5.71. The van der Waals surface area contributed by atoms with E-state index in [1.54, 1.807) is 12.1 Å². The molecule has 1 aliphatic rings. The van der Waals surface area contributed by atoms with Crippen molar-refractivity contribution in [1.82, 2.24) is 4.90 Å². The molecule has 0 unspecified atom stereocenters. The molecule has 0 aliphatic carbocycles. The Morgan fingerprint density at radius 2 is 1.92 bits per heavy atom. The molecule has 1 saturated heterocycles. The van der Waals surface area contributed by atoms with Crippen LogP contribution in [0.15, 0.2) is 35.3 Å². The minimum absolute atomic E-state index is 0.165. The van der Waals surface area contributed by atoms with Crippen molar-refractivity contribution >= 4 is 23.6 Å². The van der Waals surface area contributed by atoms with Gasteiger partial charge in [0, 0.05) is 13.1 Å². The first-order valence-electron chi connectivity index (χ1n) is 8.43. The zero-order valence-corrected chi connectivity index (χ0v) is 15.3. The molecule has 2 aromatic carbocycles. The van der Waals surface area contributed by atoms with E-state index in [1.807, 2.05) is 6.34 Å². The number of benzene rings is 2. The Bertz CT molecular complexity index is 786. The summed E-state index contributed by atoms with van der Waals surface area (Å²) in [6, 6.07) is 9.14. The maximum Gasteiger partial charge on any atom is 0.141 e. The molecule has 132 valence electrons. The van der Waals surface area contributed by atoms with Crippen LogP contribution in [-0.2, 0) is 11.2 Å². The average molecular weight is 361 g/mol. The summed E-state index contributed by atoms with van der Waals surface area (Å²) in [6.07, 6.45) is 2.63. The molecule has 0 radical (unpaired) electrons. The van der Waals surface area contributed by atoms with E-state index in [4.69, 9.17) is 16.3 Å². The Hall–Kier alpha value is -1.91. The molecule has 1 fully saturated rings. The lowest BCUT2D eigenvalue weighted by molar-refractivity contribution is 0.0701. The van der Waals surface area contributed by atoms with Crippen LogP contribution in [0.25, 0.3) is 0 Å². The van der Waals surface area contributed by atoms with E-state index >= 15 is 0 Å². The number of halogens is 2. The largest absolute Gasteiger partial charge is 0.378 e. The van der Waals surface area contributed by atoms with E-state index < -0.39 is 0 Å². The quantitative estimate of drug-likeness (QED) is 0.584. The molecule has 25 heavy (non-hydrogen) atoms. The number of hydrogen-bond donors (Lipinski definition) is 0. The summed E-state index contributed by atoms with van der Waals surface area (Å²) < 4.78 is 18.7. The first-order valence-corrected chi connectivity index (χ1v) is 8.81. The average Bonchev–Trinajstić information content (AvgIpc) is 2.61. The zero-order chi connectivity index (χ0) is 17.8. The Morgan fingerprint density at radius 1 is 1.16 bits per heavy atom. The van der Waals surface area contributed by atoms with E-state index in [9.17, 15) is 4.39 Å². The van der Waals surface area contributed by atoms with Gasteiger partial charge < -0.3 is 9.64 Å². The van der Waals surface area contributed by atoms with Gasteiger partial charge in [0.2, 0.25) is 0 Å². The summed E-state index contributed by atoms with van der Waals surface area (Å²) >= 11 is 5.88. The molecule has 0 N–H and O–H groups in total. The molecule has 3 nitrogen and oxygen atoms in total. The van der Waals surface area contributed by atoms with E-state index in [2.05, 4.69) is 35.9 Å². The lowest BCUT2D eigenvalue weighted by Gasteiger charge is -2.24. The molecule has 0 atom stereocenters. The van der Waals surface area contributed by atoms with Crippen LogP contribution in [0.5, 0.6) is 0 Å². The maximum absolute atomic E-state index is 13.3. The van der Waals surface area contributed by atoms with Gasteiger partial charge in [-0.3, -0.25) is 0 Å². The van der Waals surface area contributed by atoms with Crippen molar-refractivity contribution in [2.75, 3.05) is 26.3 Å². The van der Waals surface area contributed by atoms with E-state index in [0.717, 1.165) is 49.5 Å². The second kappa shape index (κ2) is 7.98. The fourth-order valence-electron chi connectivity index (χ4n) is 2.90. The maximum atomic E-state index is 13.3. The summed E-state index contributed by atoms with van der Waals surface area (Å²) in [5.41, 5.74) is 5.47. The molecule has 0 spiro atoms. The highest BCUT2D eigenvalue weighted by Crippen LogP contribution is 2.26. The lowest BCUT2D eigenvalue weighted by atomic mass is 9.97. The van der Waals surface area contributed by atoms with Crippen LogP contribution in [0.1, 0.15) is 22.3 Å². The van der Waals surface area contributed by atoms with E-state index in [-0.39, 0.29) is 10.8 Å². The number of aliphatic imine (C=N–C) groups is 1. The molecular weight excluding hydrogens is 339 g/mol. The molecular formula is C20H22ClFN2O. The Morgan fingerprint density at radius 3 is 2.64 bits per heavy atom. The van der Waals surface area contributed by atoms with Crippen molar-refractivity contribution in [3.8, 4) is 0 Å². The van der Waals surface area contributed by atoms with Crippen LogP contribution >= 0.6 is 11.6 Å². The fourth-order valence-corrected chi connectivity index (χ4v) is 3.10. The van der Waals surface area contributed by atoms with Crippen LogP contribution in [0.4, 0.5) is 10.1 Å². The number of morpholine rings is 1. The minimum Gasteiger partial charge on any atom is -0.378 e. The van der Waals surface area contributed by atoms with Crippen LogP contribution < -0.4 is 0 Å². The van der Waals surface area contributed by atoms with Crippen LogP contribution in [0.3, 0.4) is 0 Å². The third-order valence-corrected chi connectivity index (χ3v) is 4.73. The summed E-state index contributed by atoms with van der Waals surface area (Å²) in [4.78, 5) is 6.81. The van der Waals surface area contributed by atoms with Gasteiger partial charge in [0.05, 0.1) is 30.3 Å². The molecule has 5 heteroatoms. The van der Waals surface area contributed by atoms with Gasteiger partial charge in [-0.15, -0.1) is 0 Å². The predicted octanol–water partition coefficient (Wildman–Crippen LogP) is 4.68. The smallest absolute Gasteiger partial charge is 0.141 e. The van der Waals surface area contributed by atoms with E-state index in [1.165, 1.54) is 17.2 Å². The van der Waals surface area contributed by atoms with Gasteiger partial charge in [0.25, 0.3) is 0 Å². The van der Waals surface area contributed by atoms with Gasteiger partial charge in [0.1, 0.15) is 5.82 Å². The normalized spacial score (nSPS) is 15.1. The van der Waals surface area contributed by atoms with Gasteiger partial charge in [-0.2, -0.15) is 0 Å². The highest BCUT2D eigenvalue weighted by atomic mass is 35.5. The van der Waals surface area contributed by atoms with Gasteiger partial charge in [-0.25, -0.2) is 9.38 Å². The highest BCUT2D eigenvalue weighted by Gasteiger charge is 2.09. The fraction of sp³-hybridized carbons (Fsp3) is 0.350. The summed E-state index contributed by atoms with van der Waals surface area (Å²) in [5.74, 6) is -0.383. The summed E-state index contributed by atoms with van der Waals surface area (Å²) in [6.45, 7) is 7.41. The number of ether oxygens (including phenoxy) is 1. The Labute approximate surface area is 153 Å². The van der Waals surface area contributed by atoms with Gasteiger partial charge in [-0.05, 0) is 60.7 Å². The third-order valence-electron chi connectivity index (χ3n) is 4.44. The Balaban J connectivity index is 1.77. The molecule has 1 heterocycles. The number of hydrogen-bond acceptors (Lipinski definition) is 2. The predicted molar refractivity (Wildman–Crippen MR) is 101 cm³/mol. The molecule has 0 saturated carbocycles. The second-order valence-corrected chi connectivity index (χ2v) is 6.79. The monoisotopic (exact) mass is 360 g/mol. The van der Waals surface area contributed by atoms with Crippen molar-refractivity contribution < 1.29 is 9.13 Å². The molecule has 3 rings (SSSR count). The molecule has 0 amide bonds. The van der Waals surface area contributed by atoms with Gasteiger partial charge in [-0.1, -0.05) is 23.7 Å². The summed E-state index contributed by atoms with van der Waals surface area (Å²) in [7, 11) is 0. The van der Waals surface area contributed by atoms with Crippen molar-refractivity contribution in [3.05, 3.63) is 63.4 Å². The molecule has 0 bridgehead atoms. The van der Waals surface area contributed by atoms with Gasteiger partial charge in [0.15, 0.2) is 0 Å². The van der Waals surface area contributed by atoms with Crippen molar-refractivity contribution in [2.24, 2.45) is 4.99 Å². The highest BCUT2D eigenvalue weighted by molar-refractivity contribution is 6.30. The van der Waals surface area contributed by atoms with E-state index in [0.29, 0.717) is 0 Å². The SMILES string of the molecule is Cc1cc(/N=C/N2CCOCC2)c(C)cc1Cc1ccc(F)c(Cl)c1. The van der Waals surface area contributed by atoms with Crippen LogP contribution in [0, 0.1) is 19.7 Å². The minimum atomic E-state index is -0.383. The van der Waals surface area contributed by atoms with Crippen molar-refractivity contribution in [3.63, 3.8) is 0 Å². The second-order valence-electron chi connectivity index (χ2n) is 6.38. The zero-order valence-electron chi connectivity index (χ0n) is 14.6. The first-order chi connectivity index (χ1) is 12.0. The van der Waals surface area contributed by atoms with Gasteiger partial charge >= 0.3 is 0 Å². The number of aryl methyl sites for hydroxylation is 2. The lowest BCUT2D eigenvalue weighted by Crippen LogP contribution is -2.35. The topological polar surface area (TPSA) is 24.8 Å². The first kappa shape index (κ1) is 17.9. The molecule has 2 aromatic rings. The number of rotatable bonds is 4. The molecule has 1 aliphatic heterocycles. The van der Waals surface area contributed by atoms with Crippen LogP contribution in [-0.4, -0.2) is 37.5 Å². The summed E-state index contributed by atoms with van der Waals surface area (Å²) in [5, 5.41) is 0.165. The van der Waals surface area contributed by atoms with Crippen molar-refractivity contribution in [2.45, 2.75) is 20.3 Å². The standard InChI is InChI=1S/C20H22ClFN2O/c1-14-10-20(23-13-24-5-7-25-8-6-24)15(2)9-17(14)11-16-3-4-19(22)18(21)12-16/h3-4,9-10,12-13H,5-8,11H2,1-2H3/b23-13+. The van der Waals surface area contributed by atoms with Crippen LogP contribution in [0.2, 0.25) is 5.02 Å². The third kappa shape index (κ3) is 4.59. The molecule has 0 aromatic heterocycles.